The lowest BCUT2D eigenvalue weighted by molar-refractivity contribution is -0.116. The first-order valence-electron chi connectivity index (χ1n) is 6.84. The van der Waals surface area contributed by atoms with E-state index in [1.165, 1.54) is 0 Å². The summed E-state index contributed by atoms with van der Waals surface area (Å²) in [6.45, 7) is 6.99. The van der Waals surface area contributed by atoms with Crippen molar-refractivity contribution >= 4 is 28.5 Å². The zero-order valence-electron chi connectivity index (χ0n) is 12.7. The molecule has 5 nitrogen and oxygen atoms in total. The van der Waals surface area contributed by atoms with Gasteiger partial charge in [0.1, 0.15) is 11.4 Å². The van der Waals surface area contributed by atoms with Crippen molar-refractivity contribution in [1.82, 2.24) is 4.98 Å². The predicted molar refractivity (Wildman–Crippen MR) is 82.5 cm³/mol. The van der Waals surface area contributed by atoms with Crippen molar-refractivity contribution in [2.75, 3.05) is 5.32 Å². The third-order valence-electron chi connectivity index (χ3n) is 2.83. The van der Waals surface area contributed by atoms with Crippen LogP contribution in [0.5, 0.6) is 0 Å². The topological polar surface area (TPSA) is 71.2 Å². The van der Waals surface area contributed by atoms with E-state index in [9.17, 15) is 9.59 Å². The number of carbonyl (C=O) groups is 2. The average Bonchev–Trinajstić information content (AvgIpc) is 2.68. The summed E-state index contributed by atoms with van der Waals surface area (Å²) < 4.78 is 5.24. The van der Waals surface area contributed by atoms with E-state index in [1.54, 1.807) is 13.1 Å². The van der Waals surface area contributed by atoms with Gasteiger partial charge in [-0.2, -0.15) is 0 Å². The van der Waals surface area contributed by atoms with Gasteiger partial charge in [0, 0.05) is 23.5 Å². The van der Waals surface area contributed by atoms with Crippen molar-refractivity contribution in [3.8, 4) is 0 Å². The molecule has 0 spiro atoms. The molecule has 2 aromatic rings. The SMILES string of the molecule is CC(=O)Cc1ccc2[nH]cc(NC(=O)OC(C)(C)C)c2c1. The number of amides is 1. The second kappa shape index (κ2) is 5.60. The van der Waals surface area contributed by atoms with Crippen molar-refractivity contribution < 1.29 is 14.3 Å². The summed E-state index contributed by atoms with van der Waals surface area (Å²) in [5.41, 5.74) is 1.91. The van der Waals surface area contributed by atoms with Crippen LogP contribution in [0.25, 0.3) is 10.9 Å². The first kappa shape index (κ1) is 15.1. The molecule has 1 amide bonds. The Morgan fingerprint density at radius 3 is 2.62 bits per heavy atom. The number of hydrogen-bond acceptors (Lipinski definition) is 3. The molecule has 1 heterocycles. The third-order valence-corrected chi connectivity index (χ3v) is 2.83. The highest BCUT2D eigenvalue weighted by atomic mass is 16.6. The number of Topliss-reactive ketones (excluding diaryl/α,β-unsaturated/α-hetero) is 1. The number of nitrogens with one attached hydrogen (secondary N) is 2. The monoisotopic (exact) mass is 288 g/mol. The van der Waals surface area contributed by atoms with Crippen LogP contribution in [-0.4, -0.2) is 22.5 Å². The zero-order chi connectivity index (χ0) is 15.6. The summed E-state index contributed by atoms with van der Waals surface area (Å²) in [5.74, 6) is 0.103. The van der Waals surface area contributed by atoms with Gasteiger partial charge < -0.3 is 9.72 Å². The molecule has 0 bridgehead atoms. The Balaban J connectivity index is 2.23. The lowest BCUT2D eigenvalue weighted by Crippen LogP contribution is -2.27. The minimum Gasteiger partial charge on any atom is -0.444 e. The fourth-order valence-corrected chi connectivity index (χ4v) is 2.08. The second-order valence-electron chi connectivity index (χ2n) is 6.09. The molecule has 1 aromatic heterocycles. The lowest BCUT2D eigenvalue weighted by atomic mass is 10.1. The Bertz CT molecular complexity index is 680. The van der Waals surface area contributed by atoms with E-state index in [2.05, 4.69) is 10.3 Å². The molecule has 0 fully saturated rings. The molecular formula is C16H20N2O3. The quantitative estimate of drug-likeness (QED) is 0.905. The van der Waals surface area contributed by atoms with Crippen LogP contribution in [0, 0.1) is 0 Å². The predicted octanol–water partition coefficient (Wildman–Crippen LogP) is 3.65. The van der Waals surface area contributed by atoms with E-state index in [1.807, 2.05) is 39.0 Å². The van der Waals surface area contributed by atoms with Gasteiger partial charge in [0.2, 0.25) is 0 Å². The summed E-state index contributed by atoms with van der Waals surface area (Å²) in [4.78, 5) is 26.1. The summed E-state index contributed by atoms with van der Waals surface area (Å²) in [6, 6.07) is 5.70. The maximum Gasteiger partial charge on any atom is 0.412 e. The smallest absolute Gasteiger partial charge is 0.412 e. The number of hydrogen-bond donors (Lipinski definition) is 2. The van der Waals surface area contributed by atoms with Gasteiger partial charge in [0.05, 0.1) is 5.69 Å². The van der Waals surface area contributed by atoms with E-state index in [4.69, 9.17) is 4.74 Å². The number of fused-ring (bicyclic) bond motifs is 1. The van der Waals surface area contributed by atoms with Gasteiger partial charge >= 0.3 is 6.09 Å². The molecule has 2 rings (SSSR count). The molecule has 5 heteroatoms. The van der Waals surface area contributed by atoms with E-state index < -0.39 is 11.7 Å². The molecule has 112 valence electrons. The van der Waals surface area contributed by atoms with Crippen LogP contribution in [-0.2, 0) is 16.0 Å². The van der Waals surface area contributed by atoms with Crippen LogP contribution in [0.2, 0.25) is 0 Å². The number of ketones is 1. The van der Waals surface area contributed by atoms with Crippen LogP contribution < -0.4 is 5.32 Å². The Labute approximate surface area is 123 Å². The first-order valence-corrected chi connectivity index (χ1v) is 6.84. The Hall–Kier alpha value is -2.30. The number of H-pyrrole nitrogens is 1. The van der Waals surface area contributed by atoms with Crippen molar-refractivity contribution in [3.63, 3.8) is 0 Å². The third kappa shape index (κ3) is 4.08. The molecule has 0 unspecified atom stereocenters. The molecule has 0 saturated heterocycles. The van der Waals surface area contributed by atoms with Gasteiger partial charge in [-0.15, -0.1) is 0 Å². The number of benzene rings is 1. The summed E-state index contributed by atoms with van der Waals surface area (Å²) in [6.07, 6.45) is 1.60. The van der Waals surface area contributed by atoms with Gasteiger partial charge in [-0.25, -0.2) is 4.79 Å². The zero-order valence-corrected chi connectivity index (χ0v) is 12.7. The van der Waals surface area contributed by atoms with Gasteiger partial charge in [-0.3, -0.25) is 10.1 Å². The van der Waals surface area contributed by atoms with Crippen LogP contribution in [0.4, 0.5) is 10.5 Å². The standard InChI is InChI=1S/C16H20N2O3/c1-10(19)7-11-5-6-13-12(8-11)14(9-17-13)18-15(20)21-16(2,3)4/h5-6,8-9,17H,7H2,1-4H3,(H,18,20). The molecule has 0 aliphatic carbocycles. The van der Waals surface area contributed by atoms with Gasteiger partial charge in [0.25, 0.3) is 0 Å². The normalized spacial score (nSPS) is 11.4. The second-order valence-corrected chi connectivity index (χ2v) is 6.09. The average molecular weight is 288 g/mol. The van der Waals surface area contributed by atoms with Gasteiger partial charge in [-0.05, 0) is 45.4 Å². The van der Waals surface area contributed by atoms with E-state index >= 15 is 0 Å². The summed E-state index contributed by atoms with van der Waals surface area (Å²) in [7, 11) is 0. The minimum absolute atomic E-state index is 0.103. The number of anilines is 1. The highest BCUT2D eigenvalue weighted by Gasteiger charge is 2.17. The fraction of sp³-hybridized carbons (Fsp3) is 0.375. The fourth-order valence-electron chi connectivity index (χ4n) is 2.08. The maximum atomic E-state index is 11.8. The van der Waals surface area contributed by atoms with Gasteiger partial charge in [-0.1, -0.05) is 6.07 Å². The first-order chi connectivity index (χ1) is 9.74. The molecule has 0 aliphatic rings. The lowest BCUT2D eigenvalue weighted by Gasteiger charge is -2.19. The van der Waals surface area contributed by atoms with Crippen LogP contribution in [0.15, 0.2) is 24.4 Å². The van der Waals surface area contributed by atoms with Crippen molar-refractivity contribution in [2.45, 2.75) is 39.7 Å². The van der Waals surface area contributed by atoms with Gasteiger partial charge in [0.15, 0.2) is 0 Å². The van der Waals surface area contributed by atoms with Crippen molar-refractivity contribution in [3.05, 3.63) is 30.0 Å². The highest BCUT2D eigenvalue weighted by Crippen LogP contribution is 2.25. The van der Waals surface area contributed by atoms with E-state index in [0.29, 0.717) is 12.1 Å². The number of carbonyl (C=O) groups excluding carboxylic acids is 2. The Kier molecular flexibility index (Phi) is 4.02. The number of rotatable bonds is 3. The Morgan fingerprint density at radius 1 is 1.29 bits per heavy atom. The minimum atomic E-state index is -0.546. The molecule has 0 radical (unpaired) electrons. The van der Waals surface area contributed by atoms with Crippen LogP contribution in [0.3, 0.4) is 0 Å². The summed E-state index contributed by atoms with van der Waals surface area (Å²) in [5, 5.41) is 3.59. The molecule has 21 heavy (non-hydrogen) atoms. The van der Waals surface area contributed by atoms with Crippen LogP contribution >= 0.6 is 0 Å². The number of aromatic amines is 1. The molecule has 0 saturated carbocycles. The molecular weight excluding hydrogens is 268 g/mol. The number of ether oxygens (including phenoxy) is 1. The largest absolute Gasteiger partial charge is 0.444 e. The Morgan fingerprint density at radius 2 is 2.00 bits per heavy atom. The highest BCUT2D eigenvalue weighted by molar-refractivity contribution is 6.00. The summed E-state index contributed by atoms with van der Waals surface area (Å²) >= 11 is 0. The molecule has 2 N–H and O–H groups in total. The van der Waals surface area contributed by atoms with Crippen molar-refractivity contribution in [2.24, 2.45) is 0 Å². The molecule has 1 aromatic carbocycles. The van der Waals surface area contributed by atoms with E-state index in [-0.39, 0.29) is 5.78 Å². The van der Waals surface area contributed by atoms with E-state index in [0.717, 1.165) is 16.5 Å². The van der Waals surface area contributed by atoms with Crippen molar-refractivity contribution in [1.29, 1.82) is 0 Å². The number of aromatic nitrogens is 1. The molecule has 0 aliphatic heterocycles. The molecule has 0 atom stereocenters. The van der Waals surface area contributed by atoms with Crippen LogP contribution in [0.1, 0.15) is 33.3 Å². The maximum absolute atomic E-state index is 11.8.